The van der Waals surface area contributed by atoms with E-state index < -0.39 is 0 Å². The van der Waals surface area contributed by atoms with Gasteiger partial charge >= 0.3 is 0 Å². The topological polar surface area (TPSA) is 38.5 Å². The molecule has 2 aliphatic heterocycles. The van der Waals surface area contributed by atoms with E-state index in [1.165, 1.54) is 5.57 Å². The van der Waals surface area contributed by atoms with Crippen LogP contribution < -0.4 is 10.7 Å². The molecule has 0 unspecified atom stereocenters. The quantitative estimate of drug-likeness (QED) is 0.600. The third-order valence-corrected chi connectivity index (χ3v) is 2.20. The van der Waals surface area contributed by atoms with Crippen LogP contribution in [0.5, 0.6) is 0 Å². The minimum absolute atomic E-state index is 0. The molecule has 0 aromatic carbocycles. The SMILES string of the molecule is CC1(C)CNCC2=C[N]N=C21.Cl. The zero-order chi connectivity index (χ0) is 7.90. The highest BCUT2D eigenvalue weighted by molar-refractivity contribution is 6.06. The third kappa shape index (κ3) is 1.34. The van der Waals surface area contributed by atoms with Crippen LogP contribution in [-0.2, 0) is 0 Å². The molecule has 67 valence electrons. The Morgan fingerprint density at radius 2 is 2.25 bits per heavy atom. The van der Waals surface area contributed by atoms with Gasteiger partial charge in [-0.3, -0.25) is 0 Å². The maximum Gasteiger partial charge on any atom is 0.0760 e. The number of halogens is 1. The van der Waals surface area contributed by atoms with E-state index in [2.05, 4.69) is 29.7 Å². The van der Waals surface area contributed by atoms with Gasteiger partial charge < -0.3 is 5.32 Å². The van der Waals surface area contributed by atoms with Crippen molar-refractivity contribution in [2.75, 3.05) is 13.1 Å². The van der Waals surface area contributed by atoms with E-state index in [0.29, 0.717) is 0 Å². The number of hydrogen-bond acceptors (Lipinski definition) is 2. The summed E-state index contributed by atoms with van der Waals surface area (Å²) in [4.78, 5) is 0. The molecule has 0 aromatic heterocycles. The zero-order valence-corrected chi connectivity index (χ0v) is 8.11. The van der Waals surface area contributed by atoms with Crippen molar-refractivity contribution in [1.29, 1.82) is 0 Å². The predicted octanol–water partition coefficient (Wildman–Crippen LogP) is 0.895. The van der Waals surface area contributed by atoms with E-state index in [1.54, 1.807) is 0 Å². The molecule has 1 saturated heterocycles. The van der Waals surface area contributed by atoms with E-state index in [4.69, 9.17) is 0 Å². The smallest absolute Gasteiger partial charge is 0.0760 e. The minimum atomic E-state index is 0. The highest BCUT2D eigenvalue weighted by Gasteiger charge is 2.33. The van der Waals surface area contributed by atoms with Crippen molar-refractivity contribution in [3.05, 3.63) is 11.8 Å². The Morgan fingerprint density at radius 3 is 2.92 bits per heavy atom. The molecule has 0 amide bonds. The van der Waals surface area contributed by atoms with Gasteiger partial charge in [0.2, 0.25) is 0 Å². The highest BCUT2D eigenvalue weighted by atomic mass is 35.5. The van der Waals surface area contributed by atoms with Crippen molar-refractivity contribution in [3.8, 4) is 0 Å². The van der Waals surface area contributed by atoms with E-state index in [9.17, 15) is 0 Å². The van der Waals surface area contributed by atoms with Gasteiger partial charge in [0.1, 0.15) is 0 Å². The van der Waals surface area contributed by atoms with Crippen molar-refractivity contribution < 1.29 is 0 Å². The van der Waals surface area contributed by atoms with E-state index >= 15 is 0 Å². The van der Waals surface area contributed by atoms with Crippen molar-refractivity contribution in [2.24, 2.45) is 10.5 Å². The lowest BCUT2D eigenvalue weighted by Crippen LogP contribution is -2.44. The number of piperidine rings is 1. The van der Waals surface area contributed by atoms with Gasteiger partial charge in [-0.25, -0.2) is 0 Å². The summed E-state index contributed by atoms with van der Waals surface area (Å²) in [5.74, 6) is 0. The van der Waals surface area contributed by atoms with Gasteiger partial charge in [-0.15, -0.1) is 12.4 Å². The van der Waals surface area contributed by atoms with Crippen LogP contribution in [0.15, 0.2) is 16.9 Å². The lowest BCUT2D eigenvalue weighted by Gasteiger charge is -2.31. The summed E-state index contributed by atoms with van der Waals surface area (Å²) in [6.07, 6.45) is 1.85. The Labute approximate surface area is 78.7 Å². The molecule has 12 heavy (non-hydrogen) atoms. The largest absolute Gasteiger partial charge is 0.312 e. The Hall–Kier alpha value is -0.540. The van der Waals surface area contributed by atoms with Crippen molar-refractivity contribution in [3.63, 3.8) is 0 Å². The first kappa shape index (κ1) is 9.55. The number of fused-ring (bicyclic) bond motifs is 1. The van der Waals surface area contributed by atoms with Crippen LogP contribution in [0.1, 0.15) is 13.8 Å². The molecule has 1 fully saturated rings. The summed E-state index contributed by atoms with van der Waals surface area (Å²) >= 11 is 0. The van der Waals surface area contributed by atoms with E-state index in [1.807, 2.05) is 6.20 Å². The van der Waals surface area contributed by atoms with Gasteiger partial charge in [-0.2, -0.15) is 10.5 Å². The van der Waals surface area contributed by atoms with Crippen LogP contribution in [0.3, 0.4) is 0 Å². The fourth-order valence-corrected chi connectivity index (χ4v) is 1.57. The summed E-state index contributed by atoms with van der Waals surface area (Å²) in [5, 5.41) is 7.46. The van der Waals surface area contributed by atoms with Crippen LogP contribution in [0.4, 0.5) is 0 Å². The second-order valence-corrected chi connectivity index (χ2v) is 3.71. The Bertz CT molecular complexity index is 243. The summed E-state index contributed by atoms with van der Waals surface area (Å²) in [6, 6.07) is 0. The molecule has 3 nitrogen and oxygen atoms in total. The number of nitrogens with zero attached hydrogens (tertiary/aromatic N) is 2. The molecule has 2 aliphatic rings. The summed E-state index contributed by atoms with van der Waals surface area (Å²) in [7, 11) is 0. The average Bonchev–Trinajstić information content (AvgIpc) is 2.34. The lowest BCUT2D eigenvalue weighted by molar-refractivity contribution is 0.457. The Morgan fingerprint density at radius 1 is 1.50 bits per heavy atom. The second kappa shape index (κ2) is 3.07. The molecule has 1 N–H and O–H groups in total. The van der Waals surface area contributed by atoms with E-state index in [0.717, 1.165) is 18.8 Å². The summed E-state index contributed by atoms with van der Waals surface area (Å²) < 4.78 is 0. The van der Waals surface area contributed by atoms with E-state index in [-0.39, 0.29) is 17.8 Å². The van der Waals surface area contributed by atoms with Gasteiger partial charge in [-0.05, 0) is 0 Å². The van der Waals surface area contributed by atoms with Crippen molar-refractivity contribution in [1.82, 2.24) is 10.7 Å². The first-order chi connectivity index (χ1) is 5.20. The molecular weight excluding hydrogens is 174 g/mol. The molecule has 0 aliphatic carbocycles. The maximum atomic E-state index is 4.12. The van der Waals surface area contributed by atoms with Crippen LogP contribution in [-0.4, -0.2) is 18.8 Å². The predicted molar refractivity (Wildman–Crippen MR) is 51.6 cm³/mol. The second-order valence-electron chi connectivity index (χ2n) is 3.71. The third-order valence-electron chi connectivity index (χ3n) is 2.20. The highest BCUT2D eigenvalue weighted by Crippen LogP contribution is 2.26. The molecular formula is C8H13ClN3. The van der Waals surface area contributed by atoms with Gasteiger partial charge in [0.25, 0.3) is 0 Å². The molecule has 2 heterocycles. The zero-order valence-electron chi connectivity index (χ0n) is 7.29. The molecule has 0 atom stereocenters. The minimum Gasteiger partial charge on any atom is -0.312 e. The lowest BCUT2D eigenvalue weighted by atomic mass is 9.81. The maximum absolute atomic E-state index is 4.12. The van der Waals surface area contributed by atoms with Crippen LogP contribution in [0.2, 0.25) is 0 Å². The van der Waals surface area contributed by atoms with Crippen molar-refractivity contribution in [2.45, 2.75) is 13.8 Å². The monoisotopic (exact) mass is 186 g/mol. The molecule has 2 rings (SSSR count). The fraction of sp³-hybridized carbons (Fsp3) is 0.625. The number of nitrogens with one attached hydrogen (secondary N) is 1. The molecule has 4 heteroatoms. The van der Waals surface area contributed by atoms with Crippen LogP contribution in [0.25, 0.3) is 0 Å². The van der Waals surface area contributed by atoms with Gasteiger partial charge in [-0.1, -0.05) is 13.8 Å². The molecule has 1 radical (unpaired) electrons. The van der Waals surface area contributed by atoms with Gasteiger partial charge in [0.05, 0.1) is 11.9 Å². The summed E-state index contributed by atoms with van der Waals surface area (Å²) in [6.45, 7) is 6.30. The molecule has 0 bridgehead atoms. The van der Waals surface area contributed by atoms with Gasteiger partial charge in [0, 0.05) is 24.1 Å². The van der Waals surface area contributed by atoms with Crippen LogP contribution in [0, 0.1) is 5.41 Å². The first-order valence-corrected chi connectivity index (χ1v) is 3.88. The number of rotatable bonds is 0. The molecule has 0 spiro atoms. The standard InChI is InChI=1S/C8H12N3.ClH/c1-8(2)5-9-3-6-4-10-11-7(6)8;/h4,9H,3,5H2,1-2H3;1H. The Kier molecular flexibility index (Phi) is 2.44. The van der Waals surface area contributed by atoms with Crippen LogP contribution >= 0.6 is 12.4 Å². The summed E-state index contributed by atoms with van der Waals surface area (Å²) in [5.41, 5.74) is 6.48. The van der Waals surface area contributed by atoms with Crippen molar-refractivity contribution >= 4 is 18.1 Å². The number of hydrogen-bond donors (Lipinski definition) is 1. The molecule has 0 saturated carbocycles. The molecule has 0 aromatic rings. The first-order valence-electron chi connectivity index (χ1n) is 3.88. The Balaban J connectivity index is 0.000000720. The average molecular weight is 187 g/mol. The normalized spacial score (nSPS) is 24.5. The van der Waals surface area contributed by atoms with Gasteiger partial charge in [0.15, 0.2) is 0 Å². The fourth-order valence-electron chi connectivity index (χ4n) is 1.57.